The number of hydrogen-bond acceptors (Lipinski definition) is 7. The largest absolute Gasteiger partial charge is 0.465 e. The van der Waals surface area contributed by atoms with Gasteiger partial charge in [-0.2, -0.15) is 8.42 Å². The molecule has 3 rings (SSSR count). The predicted molar refractivity (Wildman–Crippen MR) is 66.7 cm³/mol. The van der Waals surface area contributed by atoms with Crippen LogP contribution in [0.15, 0.2) is 0 Å². The van der Waals surface area contributed by atoms with E-state index in [1.807, 2.05) is 0 Å². The molecule has 0 amide bonds. The molecule has 3 aliphatic rings. The standard InChI is InChI=1S/C12H16O8S/c13-11(18-3-1-2-4-21(15,16)17)8-6-5-7-10(19-6)9(8)12(14)20-7/h6-10H,1-5H2,(H,15,16,17). The minimum Gasteiger partial charge on any atom is -0.465 e. The summed E-state index contributed by atoms with van der Waals surface area (Å²) in [5.74, 6) is -2.46. The highest BCUT2D eigenvalue weighted by Gasteiger charge is 2.66. The predicted octanol–water partition coefficient (Wildman–Crippen LogP) is -0.473. The molecule has 0 aromatic rings. The molecule has 118 valence electrons. The lowest BCUT2D eigenvalue weighted by atomic mass is 9.80. The Balaban J connectivity index is 1.47. The van der Waals surface area contributed by atoms with Crippen LogP contribution in [0.3, 0.4) is 0 Å². The molecule has 3 saturated heterocycles. The Labute approximate surface area is 121 Å². The molecule has 0 aliphatic carbocycles. The van der Waals surface area contributed by atoms with Gasteiger partial charge in [-0.3, -0.25) is 14.1 Å². The van der Waals surface area contributed by atoms with E-state index in [0.29, 0.717) is 12.8 Å². The molecule has 0 saturated carbocycles. The highest BCUT2D eigenvalue weighted by Crippen LogP contribution is 2.50. The van der Waals surface area contributed by atoms with E-state index < -0.39 is 33.9 Å². The van der Waals surface area contributed by atoms with Gasteiger partial charge in [0.2, 0.25) is 0 Å². The van der Waals surface area contributed by atoms with Crippen molar-refractivity contribution < 1.29 is 36.8 Å². The third kappa shape index (κ3) is 2.77. The van der Waals surface area contributed by atoms with Crippen LogP contribution in [0.25, 0.3) is 0 Å². The number of ether oxygens (including phenoxy) is 3. The molecule has 0 spiro atoms. The van der Waals surface area contributed by atoms with Crippen LogP contribution in [0, 0.1) is 11.8 Å². The number of carbonyl (C=O) groups is 2. The second-order valence-corrected chi connectivity index (χ2v) is 7.13. The van der Waals surface area contributed by atoms with E-state index in [2.05, 4.69) is 0 Å². The quantitative estimate of drug-likeness (QED) is 0.396. The Morgan fingerprint density at radius 2 is 2.10 bits per heavy atom. The molecule has 0 radical (unpaired) electrons. The third-order valence-electron chi connectivity index (χ3n) is 4.16. The average molecular weight is 320 g/mol. The summed E-state index contributed by atoms with van der Waals surface area (Å²) >= 11 is 0. The molecule has 2 bridgehead atoms. The van der Waals surface area contributed by atoms with Gasteiger partial charge in [0.1, 0.15) is 18.1 Å². The topological polar surface area (TPSA) is 116 Å². The molecule has 5 atom stereocenters. The number of hydrogen-bond donors (Lipinski definition) is 1. The number of carbonyl (C=O) groups excluding carboxylic acids is 2. The SMILES string of the molecule is O=C(OCCCCS(=O)(=O)O)C1C2CC3OC(=O)C1C3O2. The summed E-state index contributed by atoms with van der Waals surface area (Å²) in [6.07, 6.45) is 0.153. The summed E-state index contributed by atoms with van der Waals surface area (Å²) in [5, 5.41) is 0. The maximum atomic E-state index is 12.1. The van der Waals surface area contributed by atoms with Crippen molar-refractivity contribution in [2.45, 2.75) is 37.6 Å². The van der Waals surface area contributed by atoms with E-state index >= 15 is 0 Å². The van der Waals surface area contributed by atoms with E-state index in [1.54, 1.807) is 0 Å². The van der Waals surface area contributed by atoms with Crippen LogP contribution in [-0.4, -0.2) is 55.6 Å². The molecule has 8 nitrogen and oxygen atoms in total. The maximum Gasteiger partial charge on any atom is 0.313 e. The number of rotatable bonds is 6. The van der Waals surface area contributed by atoms with Crippen molar-refractivity contribution in [3.8, 4) is 0 Å². The fourth-order valence-corrected chi connectivity index (χ4v) is 3.84. The molecule has 3 aliphatic heterocycles. The van der Waals surface area contributed by atoms with Crippen LogP contribution in [0.4, 0.5) is 0 Å². The van der Waals surface area contributed by atoms with Crippen molar-refractivity contribution in [1.29, 1.82) is 0 Å². The second-order valence-electron chi connectivity index (χ2n) is 5.56. The summed E-state index contributed by atoms with van der Waals surface area (Å²) in [4.78, 5) is 23.7. The molecular formula is C12H16O8S. The van der Waals surface area contributed by atoms with Crippen LogP contribution in [0.1, 0.15) is 19.3 Å². The van der Waals surface area contributed by atoms with Crippen molar-refractivity contribution in [1.82, 2.24) is 0 Å². The van der Waals surface area contributed by atoms with Crippen LogP contribution in [0.5, 0.6) is 0 Å². The highest BCUT2D eigenvalue weighted by atomic mass is 32.2. The zero-order chi connectivity index (χ0) is 15.2. The lowest BCUT2D eigenvalue weighted by Crippen LogP contribution is -2.37. The van der Waals surface area contributed by atoms with Gasteiger partial charge in [-0.05, 0) is 12.8 Å². The first-order valence-electron chi connectivity index (χ1n) is 6.84. The molecule has 9 heteroatoms. The summed E-state index contributed by atoms with van der Waals surface area (Å²) in [7, 11) is -3.98. The van der Waals surface area contributed by atoms with E-state index in [-0.39, 0.29) is 37.1 Å². The normalized spacial score (nSPS) is 36.8. The van der Waals surface area contributed by atoms with Crippen molar-refractivity contribution in [3.63, 3.8) is 0 Å². The number of esters is 2. The van der Waals surface area contributed by atoms with Crippen molar-refractivity contribution in [2.75, 3.05) is 12.4 Å². The molecule has 0 aromatic carbocycles. The van der Waals surface area contributed by atoms with Crippen LogP contribution >= 0.6 is 0 Å². The lowest BCUT2D eigenvalue weighted by molar-refractivity contribution is -0.155. The Hall–Kier alpha value is -1.19. The number of unbranched alkanes of at least 4 members (excludes halogenated alkanes) is 1. The Morgan fingerprint density at radius 1 is 1.33 bits per heavy atom. The van der Waals surface area contributed by atoms with Crippen molar-refractivity contribution >= 4 is 22.1 Å². The Kier molecular flexibility index (Phi) is 3.66. The van der Waals surface area contributed by atoms with E-state index in [0.717, 1.165) is 0 Å². The van der Waals surface area contributed by atoms with Gasteiger partial charge in [-0.1, -0.05) is 0 Å². The lowest BCUT2D eigenvalue weighted by Gasteiger charge is -2.19. The molecular weight excluding hydrogens is 304 g/mol. The van der Waals surface area contributed by atoms with Gasteiger partial charge in [-0.15, -0.1) is 0 Å². The molecule has 0 aromatic heterocycles. The van der Waals surface area contributed by atoms with Gasteiger partial charge < -0.3 is 14.2 Å². The van der Waals surface area contributed by atoms with Gasteiger partial charge in [0.25, 0.3) is 10.1 Å². The zero-order valence-corrected chi connectivity index (χ0v) is 12.0. The molecule has 3 heterocycles. The second kappa shape index (κ2) is 5.22. The van der Waals surface area contributed by atoms with Gasteiger partial charge in [-0.25, -0.2) is 0 Å². The minimum absolute atomic E-state index is 0.0490. The molecule has 21 heavy (non-hydrogen) atoms. The molecule has 1 N–H and O–H groups in total. The van der Waals surface area contributed by atoms with Crippen LogP contribution < -0.4 is 0 Å². The number of fused-ring (bicyclic) bond motifs is 1. The Bertz CT molecular complexity index is 554. The summed E-state index contributed by atoms with van der Waals surface area (Å²) in [5.41, 5.74) is 0. The average Bonchev–Trinajstić information content (AvgIpc) is 2.97. The van der Waals surface area contributed by atoms with Crippen molar-refractivity contribution in [2.24, 2.45) is 11.8 Å². The van der Waals surface area contributed by atoms with E-state index in [4.69, 9.17) is 18.8 Å². The van der Waals surface area contributed by atoms with E-state index in [1.165, 1.54) is 0 Å². The summed E-state index contributed by atoms with van der Waals surface area (Å²) < 4.78 is 45.4. The summed E-state index contributed by atoms with van der Waals surface area (Å²) in [6, 6.07) is 0. The van der Waals surface area contributed by atoms with Crippen molar-refractivity contribution in [3.05, 3.63) is 0 Å². The first-order chi connectivity index (χ1) is 9.87. The monoisotopic (exact) mass is 320 g/mol. The molecule has 5 unspecified atom stereocenters. The maximum absolute atomic E-state index is 12.1. The molecule has 3 fully saturated rings. The zero-order valence-electron chi connectivity index (χ0n) is 11.1. The fourth-order valence-electron chi connectivity index (χ4n) is 3.27. The van der Waals surface area contributed by atoms with Gasteiger partial charge in [0.15, 0.2) is 0 Å². The highest BCUT2D eigenvalue weighted by molar-refractivity contribution is 7.85. The third-order valence-corrected chi connectivity index (χ3v) is 4.96. The Morgan fingerprint density at radius 3 is 2.81 bits per heavy atom. The smallest absolute Gasteiger partial charge is 0.313 e. The first kappa shape index (κ1) is 14.7. The summed E-state index contributed by atoms with van der Waals surface area (Å²) in [6.45, 7) is 0.0490. The van der Waals surface area contributed by atoms with Gasteiger partial charge in [0, 0.05) is 6.42 Å². The van der Waals surface area contributed by atoms with Gasteiger partial charge in [0.05, 0.1) is 24.4 Å². The van der Waals surface area contributed by atoms with Crippen LogP contribution in [-0.2, 0) is 33.9 Å². The fraction of sp³-hybridized carbons (Fsp3) is 0.833. The van der Waals surface area contributed by atoms with Crippen LogP contribution in [0.2, 0.25) is 0 Å². The van der Waals surface area contributed by atoms with E-state index in [9.17, 15) is 18.0 Å². The minimum atomic E-state index is -3.98. The van der Waals surface area contributed by atoms with Gasteiger partial charge >= 0.3 is 11.9 Å². The first-order valence-corrected chi connectivity index (χ1v) is 8.45.